The van der Waals surface area contributed by atoms with Crippen LogP contribution in [0.5, 0.6) is 0 Å². The van der Waals surface area contributed by atoms with Crippen molar-refractivity contribution >= 4 is 15.7 Å². The van der Waals surface area contributed by atoms with Gasteiger partial charge < -0.3 is 4.90 Å². The normalized spacial score (nSPS) is 21.8. The van der Waals surface area contributed by atoms with Crippen molar-refractivity contribution < 1.29 is 13.2 Å². The molecule has 0 unspecified atom stereocenters. The highest BCUT2D eigenvalue weighted by molar-refractivity contribution is 7.92. The van der Waals surface area contributed by atoms with Crippen molar-refractivity contribution in [2.75, 3.05) is 18.8 Å². The lowest BCUT2D eigenvalue weighted by atomic mass is 9.86. The van der Waals surface area contributed by atoms with Crippen molar-refractivity contribution in [1.82, 2.24) is 4.90 Å². The van der Waals surface area contributed by atoms with E-state index in [-0.39, 0.29) is 22.8 Å². The molecule has 4 nitrogen and oxygen atoms in total. The van der Waals surface area contributed by atoms with Crippen molar-refractivity contribution in [2.45, 2.75) is 76.9 Å². The van der Waals surface area contributed by atoms with Crippen LogP contribution in [0.1, 0.15) is 71.6 Å². The van der Waals surface area contributed by atoms with Gasteiger partial charge in [0.15, 0.2) is 9.84 Å². The zero-order chi connectivity index (χ0) is 16.9. The van der Waals surface area contributed by atoms with Crippen LogP contribution in [0.3, 0.4) is 0 Å². The van der Waals surface area contributed by atoms with Gasteiger partial charge in [0.25, 0.3) is 0 Å². The average molecular weight is 344 g/mol. The highest BCUT2D eigenvalue weighted by Gasteiger charge is 2.31. The molecule has 1 saturated carbocycles. The smallest absolute Gasteiger partial charge is 0.222 e. The number of rotatable bonds is 6. The Morgan fingerprint density at radius 2 is 1.65 bits per heavy atom. The Bertz CT molecular complexity index is 472. The number of carbonyl (C=O) groups is 1. The first-order chi connectivity index (χ1) is 10.9. The quantitative estimate of drug-likeness (QED) is 0.742. The van der Waals surface area contributed by atoms with Gasteiger partial charge in [-0.15, -0.1) is 0 Å². The van der Waals surface area contributed by atoms with Gasteiger partial charge in [0.1, 0.15) is 0 Å². The van der Waals surface area contributed by atoms with Crippen LogP contribution in [-0.2, 0) is 14.6 Å². The molecule has 1 saturated heterocycles. The molecule has 1 aliphatic heterocycles. The van der Waals surface area contributed by atoms with Crippen LogP contribution < -0.4 is 0 Å². The van der Waals surface area contributed by atoms with Gasteiger partial charge >= 0.3 is 0 Å². The minimum absolute atomic E-state index is 0.176. The van der Waals surface area contributed by atoms with E-state index in [0.29, 0.717) is 32.4 Å². The third-order valence-corrected chi connectivity index (χ3v) is 7.98. The summed E-state index contributed by atoms with van der Waals surface area (Å²) in [4.78, 5) is 14.2. The lowest BCUT2D eigenvalue weighted by Gasteiger charge is -2.32. The van der Waals surface area contributed by atoms with Gasteiger partial charge in [-0.05, 0) is 31.1 Å². The molecular weight excluding hydrogens is 310 g/mol. The van der Waals surface area contributed by atoms with E-state index in [9.17, 15) is 13.2 Å². The molecule has 0 bridgehead atoms. The number of amides is 1. The molecule has 0 aromatic heterocycles. The molecular formula is C18H33NO3S. The first-order valence-electron chi connectivity index (χ1n) is 9.38. The third-order valence-electron chi connectivity index (χ3n) is 5.36. The second kappa shape index (κ2) is 8.50. The van der Waals surface area contributed by atoms with Crippen LogP contribution in [0, 0.1) is 11.8 Å². The zero-order valence-electron chi connectivity index (χ0n) is 14.8. The topological polar surface area (TPSA) is 54.5 Å². The van der Waals surface area contributed by atoms with Gasteiger partial charge in [-0.1, -0.05) is 46.0 Å². The molecule has 0 spiro atoms. The molecule has 1 heterocycles. The molecule has 1 amide bonds. The predicted octanol–water partition coefficient (Wildman–Crippen LogP) is 3.41. The molecule has 134 valence electrons. The summed E-state index contributed by atoms with van der Waals surface area (Å²) in [7, 11) is -3.00. The summed E-state index contributed by atoms with van der Waals surface area (Å²) < 4.78 is 24.6. The van der Waals surface area contributed by atoms with Crippen molar-refractivity contribution in [1.29, 1.82) is 0 Å². The second-order valence-corrected chi connectivity index (χ2v) is 10.2. The Morgan fingerprint density at radius 3 is 2.22 bits per heavy atom. The molecule has 2 aliphatic rings. The summed E-state index contributed by atoms with van der Waals surface area (Å²) in [5.41, 5.74) is 0. The molecule has 2 rings (SSSR count). The summed E-state index contributed by atoms with van der Waals surface area (Å²) in [6, 6.07) is 0. The van der Waals surface area contributed by atoms with Crippen LogP contribution in [0.2, 0.25) is 0 Å². The minimum atomic E-state index is -3.00. The van der Waals surface area contributed by atoms with Gasteiger partial charge in [0.05, 0.1) is 11.0 Å². The maximum atomic E-state index is 12.4. The second-order valence-electron chi connectivity index (χ2n) is 7.85. The van der Waals surface area contributed by atoms with E-state index in [1.165, 1.54) is 32.1 Å². The minimum Gasteiger partial charge on any atom is -0.343 e. The largest absolute Gasteiger partial charge is 0.343 e. The van der Waals surface area contributed by atoms with Crippen LogP contribution in [-0.4, -0.2) is 43.3 Å². The van der Waals surface area contributed by atoms with Crippen molar-refractivity contribution in [3.63, 3.8) is 0 Å². The Labute approximate surface area is 141 Å². The molecule has 5 heteroatoms. The number of hydrogen-bond acceptors (Lipinski definition) is 3. The van der Waals surface area contributed by atoms with Crippen LogP contribution in [0.4, 0.5) is 0 Å². The standard InChI is InChI=1S/C18H33NO3S/c1-15(2)14-23(21,22)17-10-12-19(13-11-17)18(20)9-8-16-6-4-3-5-7-16/h15-17H,3-14H2,1-2H3. The highest BCUT2D eigenvalue weighted by Crippen LogP contribution is 2.28. The first-order valence-corrected chi connectivity index (χ1v) is 11.1. The van der Waals surface area contributed by atoms with Gasteiger partial charge in [-0.25, -0.2) is 8.42 Å². The number of hydrogen-bond donors (Lipinski definition) is 0. The lowest BCUT2D eigenvalue weighted by molar-refractivity contribution is -0.132. The van der Waals surface area contributed by atoms with Crippen LogP contribution in [0.15, 0.2) is 0 Å². The molecule has 0 radical (unpaired) electrons. The average Bonchev–Trinajstić information content (AvgIpc) is 2.52. The fraction of sp³-hybridized carbons (Fsp3) is 0.944. The predicted molar refractivity (Wildman–Crippen MR) is 94.0 cm³/mol. The summed E-state index contributed by atoms with van der Waals surface area (Å²) in [5.74, 6) is 1.41. The van der Waals surface area contributed by atoms with E-state index >= 15 is 0 Å². The third kappa shape index (κ3) is 5.77. The monoisotopic (exact) mass is 343 g/mol. The Kier molecular flexibility index (Phi) is 6.93. The zero-order valence-corrected chi connectivity index (χ0v) is 15.6. The lowest BCUT2D eigenvalue weighted by Crippen LogP contribution is -2.43. The molecule has 0 aromatic carbocycles. The molecule has 1 aliphatic carbocycles. The van der Waals surface area contributed by atoms with E-state index in [0.717, 1.165) is 12.3 Å². The summed E-state index contributed by atoms with van der Waals surface area (Å²) >= 11 is 0. The van der Waals surface area contributed by atoms with Crippen molar-refractivity contribution in [3.05, 3.63) is 0 Å². The summed E-state index contributed by atoms with van der Waals surface area (Å²) in [5, 5.41) is -0.243. The molecule has 0 N–H and O–H groups in total. The SMILES string of the molecule is CC(C)CS(=O)(=O)C1CCN(C(=O)CCC2CCCCC2)CC1. The fourth-order valence-electron chi connectivity index (χ4n) is 4.03. The van der Waals surface area contributed by atoms with E-state index in [2.05, 4.69) is 0 Å². The summed E-state index contributed by atoms with van der Waals surface area (Å²) in [6.45, 7) is 5.12. The fourth-order valence-corrected chi connectivity index (χ4v) is 6.16. The Balaban J connectivity index is 1.74. The molecule has 0 atom stereocenters. The number of carbonyl (C=O) groups excluding carboxylic acids is 1. The Morgan fingerprint density at radius 1 is 1.04 bits per heavy atom. The van der Waals surface area contributed by atoms with E-state index < -0.39 is 9.84 Å². The summed E-state index contributed by atoms with van der Waals surface area (Å²) in [6.07, 6.45) is 9.44. The molecule has 23 heavy (non-hydrogen) atoms. The number of likely N-dealkylation sites (tertiary alicyclic amines) is 1. The van der Waals surface area contributed by atoms with Gasteiger partial charge in [-0.3, -0.25) is 4.79 Å². The number of sulfone groups is 1. The maximum Gasteiger partial charge on any atom is 0.222 e. The van der Waals surface area contributed by atoms with E-state index in [4.69, 9.17) is 0 Å². The number of nitrogens with zero attached hydrogens (tertiary/aromatic N) is 1. The van der Waals surface area contributed by atoms with Gasteiger partial charge in [0.2, 0.25) is 5.91 Å². The first kappa shape index (κ1) is 18.8. The van der Waals surface area contributed by atoms with Crippen LogP contribution >= 0.6 is 0 Å². The Hall–Kier alpha value is -0.580. The highest BCUT2D eigenvalue weighted by atomic mass is 32.2. The van der Waals surface area contributed by atoms with E-state index in [1.807, 2.05) is 18.7 Å². The number of piperidine rings is 1. The van der Waals surface area contributed by atoms with Gasteiger partial charge in [0, 0.05) is 19.5 Å². The molecule has 2 fully saturated rings. The van der Waals surface area contributed by atoms with Crippen LogP contribution in [0.25, 0.3) is 0 Å². The molecule has 0 aromatic rings. The van der Waals surface area contributed by atoms with Crippen molar-refractivity contribution in [3.8, 4) is 0 Å². The van der Waals surface area contributed by atoms with E-state index in [1.54, 1.807) is 0 Å². The van der Waals surface area contributed by atoms with Crippen molar-refractivity contribution in [2.24, 2.45) is 11.8 Å². The maximum absolute atomic E-state index is 12.4. The van der Waals surface area contributed by atoms with Gasteiger partial charge in [-0.2, -0.15) is 0 Å².